The Morgan fingerprint density at radius 3 is 2.13 bits per heavy atom. The summed E-state index contributed by atoms with van der Waals surface area (Å²) in [5.74, 6) is 1.69. The van der Waals surface area contributed by atoms with Gasteiger partial charge in [-0.25, -0.2) is 38.5 Å². The highest BCUT2D eigenvalue weighted by atomic mass is 33.3. The largest absolute Gasteiger partial charge is 0.221 e. The summed E-state index contributed by atoms with van der Waals surface area (Å²) in [6.07, 6.45) is -4.03. The molecule has 0 aromatic carbocycles. The lowest BCUT2D eigenvalue weighted by Gasteiger charge is -2.28. The second-order valence-corrected chi connectivity index (χ2v) is 25.4. The fourth-order valence-corrected chi connectivity index (χ4v) is 29.2. The number of nitrogens with zero attached hydrogens (tertiary/aromatic N) is 9. The van der Waals surface area contributed by atoms with Gasteiger partial charge in [-0.2, -0.15) is 4.98 Å². The summed E-state index contributed by atoms with van der Waals surface area (Å²) in [4.78, 5) is 25.7. The Bertz CT molecular complexity index is 1190. The van der Waals surface area contributed by atoms with E-state index in [0.717, 1.165) is 0 Å². The molecule has 2 aromatic heterocycles. The lowest BCUT2D eigenvalue weighted by Crippen LogP contribution is -2.04. The van der Waals surface area contributed by atoms with E-state index in [4.69, 9.17) is 61.5 Å². The fourth-order valence-electron chi connectivity index (χ4n) is 2.37. The molecular weight excluding hydrogens is 576 g/mol. The molecule has 9 nitrogen and oxygen atoms in total. The molecule has 164 valence electrons. The van der Waals surface area contributed by atoms with E-state index < -0.39 is 27.5 Å². The molecule has 0 N–H and O–H groups in total. The van der Waals surface area contributed by atoms with Crippen molar-refractivity contribution in [3.8, 4) is 0 Å². The van der Waals surface area contributed by atoms with E-state index in [9.17, 15) is 0 Å². The molecular formula is C11H18N9P3S7. The summed E-state index contributed by atoms with van der Waals surface area (Å²) in [7, 11) is -1.02. The average molecular weight is 594 g/mol. The lowest BCUT2D eigenvalue weighted by atomic mass is 10.4. The van der Waals surface area contributed by atoms with Crippen molar-refractivity contribution < 1.29 is 0 Å². The van der Waals surface area contributed by atoms with Crippen LogP contribution in [0.3, 0.4) is 0 Å². The molecule has 0 bridgehead atoms. The highest BCUT2D eigenvalue weighted by Crippen LogP contribution is 2.84. The van der Waals surface area contributed by atoms with Gasteiger partial charge >= 0.3 is 0 Å². The number of hydrogen-bond acceptors (Lipinski definition) is 12. The van der Waals surface area contributed by atoms with Crippen LogP contribution < -0.4 is 0 Å². The van der Waals surface area contributed by atoms with Crippen LogP contribution in [0.25, 0.3) is 0 Å². The third-order valence-electron chi connectivity index (χ3n) is 3.34. The Morgan fingerprint density at radius 1 is 0.867 bits per heavy atom. The lowest BCUT2D eigenvalue weighted by molar-refractivity contribution is 0.771. The molecule has 2 aromatic rings. The van der Waals surface area contributed by atoms with Gasteiger partial charge in [0, 0.05) is 15.5 Å². The second-order valence-electron chi connectivity index (χ2n) is 6.04. The van der Waals surface area contributed by atoms with Crippen LogP contribution in [-0.2, 0) is 32.8 Å². The van der Waals surface area contributed by atoms with Crippen LogP contribution in [0.1, 0.15) is 24.4 Å². The summed E-state index contributed by atoms with van der Waals surface area (Å²) in [6, 6.07) is 0. The summed E-state index contributed by atoms with van der Waals surface area (Å²) < 4.78 is 14.5. The molecule has 19 heteroatoms. The van der Waals surface area contributed by atoms with Crippen molar-refractivity contribution in [1.29, 1.82) is 0 Å². The number of aryl methyl sites for hydroxylation is 2. The maximum absolute atomic E-state index is 5.79. The van der Waals surface area contributed by atoms with E-state index in [0.29, 0.717) is 40.4 Å². The monoisotopic (exact) mass is 593 g/mol. The normalized spacial score (nSPS) is 29.5. The van der Waals surface area contributed by atoms with E-state index in [1.54, 1.807) is 6.92 Å². The molecule has 0 fully saturated rings. The Hall–Kier alpha value is 1.03. The van der Waals surface area contributed by atoms with Gasteiger partial charge in [-0.1, -0.05) is 6.92 Å². The standard InChI is InChI=1S/C11H18N9P3S7/c1-4-7-14-8(16-10(25)15-7)5-22(27)18-21(3,26)19-23(28,20-22)30(29)11-13-6(2)12-9(24)17-11/h26-28H,4-5H2,1-3H3,(H,12,13,17,24)(H,14,15,16,25). The van der Waals surface area contributed by atoms with Gasteiger partial charge in [-0.05, 0) is 24.8 Å². The molecule has 0 saturated heterocycles. The van der Waals surface area contributed by atoms with Crippen LogP contribution >= 0.6 is 80.4 Å². The van der Waals surface area contributed by atoms with Crippen LogP contribution in [-0.4, -0.2) is 36.6 Å². The molecule has 3 heterocycles. The molecule has 3 rings (SSSR count). The third-order valence-corrected chi connectivity index (χ3v) is 24.9. The van der Waals surface area contributed by atoms with E-state index in [1.165, 1.54) is 0 Å². The average Bonchev–Trinajstić information content (AvgIpc) is 2.56. The maximum atomic E-state index is 5.79. The SMILES string of the molecule is CCc1nc(S)nc(CP2(S)=NP(S)(S(=S)c3nc(C)nc(S)n3)=NP(C)(S)=N2)n1. The molecule has 1 aliphatic rings. The van der Waals surface area contributed by atoms with Gasteiger partial charge in [0.2, 0.25) is 5.16 Å². The number of aromatic nitrogens is 6. The molecule has 0 amide bonds. The number of hydrogen-bond donors (Lipinski definition) is 5. The van der Waals surface area contributed by atoms with Crippen molar-refractivity contribution in [2.24, 2.45) is 13.5 Å². The Kier molecular flexibility index (Phi) is 8.31. The minimum Gasteiger partial charge on any atom is -0.221 e. The van der Waals surface area contributed by atoms with Crippen molar-refractivity contribution >= 4 is 101 Å². The first-order chi connectivity index (χ1) is 13.8. The highest BCUT2D eigenvalue weighted by molar-refractivity contribution is 8.91. The fraction of sp³-hybridized carbons (Fsp3) is 0.455. The van der Waals surface area contributed by atoms with Crippen molar-refractivity contribution in [3.63, 3.8) is 0 Å². The van der Waals surface area contributed by atoms with Crippen molar-refractivity contribution in [2.45, 2.75) is 41.9 Å². The summed E-state index contributed by atoms with van der Waals surface area (Å²) in [5, 5.41) is 1.02. The molecule has 0 spiro atoms. The van der Waals surface area contributed by atoms with Gasteiger partial charge < -0.3 is 0 Å². The van der Waals surface area contributed by atoms with Gasteiger partial charge in [0.25, 0.3) is 0 Å². The van der Waals surface area contributed by atoms with Crippen LogP contribution in [0.2, 0.25) is 0 Å². The van der Waals surface area contributed by atoms with Crippen LogP contribution in [0, 0.1) is 6.92 Å². The third kappa shape index (κ3) is 6.33. The minimum absolute atomic E-state index is 0.287. The maximum Gasteiger partial charge on any atom is 0.203 e. The van der Waals surface area contributed by atoms with Crippen molar-refractivity contribution in [3.05, 3.63) is 17.5 Å². The van der Waals surface area contributed by atoms with E-state index in [2.05, 4.69) is 55.2 Å². The Morgan fingerprint density at radius 2 is 1.50 bits per heavy atom. The Balaban J connectivity index is 2.12. The summed E-state index contributed by atoms with van der Waals surface area (Å²) in [6.45, 7) is 5.57. The number of rotatable bonds is 5. The molecule has 4 unspecified atom stereocenters. The van der Waals surface area contributed by atoms with Gasteiger partial charge in [-0.3, -0.25) is 0 Å². The molecule has 0 radical (unpaired) electrons. The molecule has 1 aliphatic heterocycles. The van der Waals surface area contributed by atoms with Crippen LogP contribution in [0.15, 0.2) is 29.0 Å². The predicted octanol–water partition coefficient (Wildman–Crippen LogP) is 5.59. The minimum atomic E-state index is -2.76. The first kappa shape index (κ1) is 25.6. The van der Waals surface area contributed by atoms with E-state index in [-0.39, 0.29) is 5.16 Å². The van der Waals surface area contributed by atoms with E-state index >= 15 is 0 Å². The van der Waals surface area contributed by atoms with Gasteiger partial charge in [0.15, 0.2) is 15.9 Å². The molecule has 0 aliphatic carbocycles. The van der Waals surface area contributed by atoms with Gasteiger partial charge in [-0.15, -0.1) is 62.0 Å². The zero-order valence-corrected chi connectivity index (χ0v) is 24.6. The quantitative estimate of drug-likeness (QED) is 0.227. The summed E-state index contributed by atoms with van der Waals surface area (Å²) in [5.41, 5.74) is -2.76. The van der Waals surface area contributed by atoms with Crippen molar-refractivity contribution in [2.75, 3.05) is 6.66 Å². The first-order valence-corrected chi connectivity index (χ1v) is 21.0. The zero-order chi connectivity index (χ0) is 22.3. The first-order valence-electron chi connectivity index (χ1n) is 8.16. The topological polar surface area (TPSA) is 114 Å². The van der Waals surface area contributed by atoms with Crippen molar-refractivity contribution in [1.82, 2.24) is 29.9 Å². The van der Waals surface area contributed by atoms with Crippen LogP contribution in [0.5, 0.6) is 0 Å². The molecule has 30 heavy (non-hydrogen) atoms. The number of thiol groups is 5. The predicted molar refractivity (Wildman–Crippen MR) is 146 cm³/mol. The van der Waals surface area contributed by atoms with E-state index in [1.807, 2.05) is 13.6 Å². The summed E-state index contributed by atoms with van der Waals surface area (Å²) >= 11 is 28.7. The Labute approximate surface area is 208 Å². The molecule has 4 atom stereocenters. The van der Waals surface area contributed by atoms with Crippen LogP contribution in [0.4, 0.5) is 0 Å². The van der Waals surface area contributed by atoms with Gasteiger partial charge in [0.1, 0.15) is 30.3 Å². The molecule has 0 saturated carbocycles. The van der Waals surface area contributed by atoms with Gasteiger partial charge in [0.05, 0.1) is 6.16 Å². The second kappa shape index (κ2) is 9.72. The smallest absolute Gasteiger partial charge is 0.203 e. The zero-order valence-electron chi connectivity index (χ0n) is 15.8. The highest BCUT2D eigenvalue weighted by Gasteiger charge is 2.34.